The monoisotopic (exact) mass is 451 g/mol. The molecule has 2 N–H and O–H groups in total. The van der Waals surface area contributed by atoms with E-state index in [1.165, 1.54) is 28.8 Å². The number of hydrogen-bond acceptors (Lipinski definition) is 7. The van der Waals surface area contributed by atoms with Crippen molar-refractivity contribution in [2.75, 3.05) is 5.75 Å². The molecule has 0 saturated carbocycles. The number of aliphatic carboxylic acids is 1. The molecule has 0 spiro atoms. The summed E-state index contributed by atoms with van der Waals surface area (Å²) in [5, 5.41) is 20.4. The van der Waals surface area contributed by atoms with Crippen molar-refractivity contribution in [1.82, 2.24) is 10.2 Å². The van der Waals surface area contributed by atoms with Gasteiger partial charge in [-0.1, -0.05) is 12.7 Å². The quantitative estimate of drug-likeness (QED) is 0.613. The number of amides is 2. The van der Waals surface area contributed by atoms with E-state index in [2.05, 4.69) is 11.9 Å². The zero-order valence-electron chi connectivity index (χ0n) is 16.6. The predicted molar refractivity (Wildman–Crippen MR) is 113 cm³/mol. The molecule has 2 aliphatic rings. The molecule has 162 valence electrons. The Hall–Kier alpha value is -3.97. The Morgan fingerprint density at radius 2 is 2.09 bits per heavy atom. The second kappa shape index (κ2) is 8.64. The summed E-state index contributed by atoms with van der Waals surface area (Å²) in [6.07, 6.45) is 1.43. The van der Waals surface area contributed by atoms with E-state index in [1.807, 2.05) is 6.07 Å². The lowest BCUT2D eigenvalue weighted by atomic mass is 10.0. The van der Waals surface area contributed by atoms with E-state index in [9.17, 15) is 19.5 Å². The van der Waals surface area contributed by atoms with Crippen LogP contribution in [0, 0.1) is 11.3 Å². The van der Waals surface area contributed by atoms with Crippen molar-refractivity contribution in [3.8, 4) is 11.8 Å². The van der Waals surface area contributed by atoms with Gasteiger partial charge in [-0.3, -0.25) is 14.5 Å². The number of benzene rings is 1. The molecular weight excluding hydrogens is 434 g/mol. The zero-order valence-corrected chi connectivity index (χ0v) is 17.4. The van der Waals surface area contributed by atoms with Crippen LogP contribution >= 0.6 is 11.8 Å². The normalized spacial score (nSPS) is 19.5. The van der Waals surface area contributed by atoms with Crippen molar-refractivity contribution in [2.45, 2.75) is 18.0 Å². The predicted octanol–water partition coefficient (Wildman–Crippen LogP) is 2.27. The van der Waals surface area contributed by atoms with Crippen molar-refractivity contribution in [1.29, 1.82) is 5.26 Å². The van der Waals surface area contributed by atoms with Gasteiger partial charge in [-0.15, -0.1) is 11.8 Å². The van der Waals surface area contributed by atoms with Crippen molar-refractivity contribution in [2.24, 2.45) is 0 Å². The fourth-order valence-electron chi connectivity index (χ4n) is 3.37. The summed E-state index contributed by atoms with van der Waals surface area (Å²) in [7, 11) is 0. The van der Waals surface area contributed by atoms with Gasteiger partial charge in [-0.2, -0.15) is 5.26 Å². The first-order chi connectivity index (χ1) is 15.4. The maximum atomic E-state index is 12.6. The number of fused-ring (bicyclic) bond motifs is 1. The maximum Gasteiger partial charge on any atom is 0.352 e. The number of rotatable bonds is 7. The van der Waals surface area contributed by atoms with Crippen LogP contribution in [0.4, 0.5) is 0 Å². The third-order valence-corrected chi connectivity index (χ3v) is 6.29. The van der Waals surface area contributed by atoms with Gasteiger partial charge >= 0.3 is 5.97 Å². The van der Waals surface area contributed by atoms with Crippen LogP contribution in [0.3, 0.4) is 0 Å². The van der Waals surface area contributed by atoms with Crippen LogP contribution in [0.15, 0.2) is 64.7 Å². The minimum atomic E-state index is -1.21. The van der Waals surface area contributed by atoms with Crippen molar-refractivity contribution < 1.29 is 28.6 Å². The van der Waals surface area contributed by atoms with Gasteiger partial charge in [0, 0.05) is 5.75 Å². The Bertz CT molecular complexity index is 1180. The number of β-lactam (4-membered cyclic amide) rings is 1. The lowest BCUT2D eigenvalue weighted by molar-refractivity contribution is -0.148. The second-order valence-corrected chi connectivity index (χ2v) is 8.04. The summed E-state index contributed by atoms with van der Waals surface area (Å²) in [5.41, 5.74) is 0.885. The van der Waals surface area contributed by atoms with Gasteiger partial charge in [-0.05, 0) is 42.0 Å². The molecule has 3 heterocycles. The lowest BCUT2D eigenvalue weighted by Crippen LogP contribution is -2.70. The Balaban J connectivity index is 1.37. The highest BCUT2D eigenvalue weighted by Crippen LogP contribution is 2.40. The van der Waals surface area contributed by atoms with Crippen LogP contribution in [-0.4, -0.2) is 45.0 Å². The third kappa shape index (κ3) is 3.86. The van der Waals surface area contributed by atoms with Crippen LogP contribution in [0.2, 0.25) is 0 Å². The highest BCUT2D eigenvalue weighted by molar-refractivity contribution is 8.00. The van der Waals surface area contributed by atoms with Gasteiger partial charge in [0.15, 0.2) is 5.76 Å². The lowest BCUT2D eigenvalue weighted by Gasteiger charge is -2.49. The molecule has 9 nitrogen and oxygen atoms in total. The Morgan fingerprint density at radius 3 is 2.75 bits per heavy atom. The average Bonchev–Trinajstić information content (AvgIpc) is 3.29. The number of carboxylic acid groups (broad SMARTS) is 1. The number of nitrogens with one attached hydrogen (secondary N) is 1. The largest absolute Gasteiger partial charge is 0.486 e. The van der Waals surface area contributed by atoms with Gasteiger partial charge in [0.1, 0.15) is 35.2 Å². The summed E-state index contributed by atoms with van der Waals surface area (Å²) in [5.74, 6) is -0.949. The van der Waals surface area contributed by atoms with Gasteiger partial charge in [0.05, 0.1) is 11.6 Å². The summed E-state index contributed by atoms with van der Waals surface area (Å²) >= 11 is 1.36. The molecule has 1 fully saturated rings. The van der Waals surface area contributed by atoms with Crippen molar-refractivity contribution >= 4 is 29.5 Å². The van der Waals surface area contributed by atoms with Gasteiger partial charge in [-0.25, -0.2) is 4.79 Å². The molecule has 2 aromatic rings. The van der Waals surface area contributed by atoms with Crippen LogP contribution in [0.5, 0.6) is 5.75 Å². The number of ether oxygens (including phenoxy) is 1. The fraction of sp³-hybridized carbons (Fsp3) is 0.182. The molecule has 32 heavy (non-hydrogen) atoms. The van der Waals surface area contributed by atoms with E-state index >= 15 is 0 Å². The number of furan rings is 1. The first-order valence-electron chi connectivity index (χ1n) is 9.49. The first kappa shape index (κ1) is 21.3. The Kier molecular flexibility index (Phi) is 5.75. The Labute approximate surface area is 186 Å². The van der Waals surface area contributed by atoms with Gasteiger partial charge in [0.25, 0.3) is 11.8 Å². The fourth-order valence-corrected chi connectivity index (χ4v) is 4.71. The van der Waals surface area contributed by atoms with Gasteiger partial charge in [0.2, 0.25) is 0 Å². The molecule has 4 rings (SSSR count). The number of nitrogens with zero attached hydrogens (tertiary/aromatic N) is 2. The Morgan fingerprint density at radius 1 is 1.34 bits per heavy atom. The summed E-state index contributed by atoms with van der Waals surface area (Å²) < 4.78 is 11.1. The highest BCUT2D eigenvalue weighted by Gasteiger charge is 2.54. The summed E-state index contributed by atoms with van der Waals surface area (Å²) in [4.78, 5) is 37.9. The topological polar surface area (TPSA) is 133 Å². The maximum absolute atomic E-state index is 12.6. The molecule has 1 saturated heterocycles. The molecule has 1 aromatic heterocycles. The van der Waals surface area contributed by atoms with E-state index in [-0.39, 0.29) is 18.1 Å². The second-order valence-electron chi connectivity index (χ2n) is 6.93. The zero-order chi connectivity index (χ0) is 22.8. The molecule has 2 aliphatic heterocycles. The average molecular weight is 451 g/mol. The molecule has 10 heteroatoms. The summed E-state index contributed by atoms with van der Waals surface area (Å²) in [6.45, 7) is 3.67. The van der Waals surface area contributed by atoms with Crippen LogP contribution in [0.25, 0.3) is 0 Å². The van der Waals surface area contributed by atoms with Gasteiger partial charge < -0.3 is 19.6 Å². The van der Waals surface area contributed by atoms with Crippen molar-refractivity contribution in [3.05, 3.63) is 77.4 Å². The molecule has 1 aromatic carbocycles. The summed E-state index contributed by atoms with van der Waals surface area (Å²) in [6, 6.07) is 10.8. The number of hydrogen-bond donors (Lipinski definition) is 2. The SMILES string of the molecule is C=CC1=C(C(=O)O)N2C(=O)[C@@H](NC(=O)c3ccc(COc4ccc(C#N)cc4)o3)[C@H]2SC1. The van der Waals surface area contributed by atoms with Crippen LogP contribution in [-0.2, 0) is 16.2 Å². The molecule has 0 radical (unpaired) electrons. The number of nitriles is 1. The molecule has 0 unspecified atom stereocenters. The van der Waals surface area contributed by atoms with E-state index < -0.39 is 29.2 Å². The van der Waals surface area contributed by atoms with E-state index in [0.29, 0.717) is 28.4 Å². The minimum Gasteiger partial charge on any atom is -0.486 e. The number of carbonyl (C=O) groups excluding carboxylic acids is 2. The smallest absolute Gasteiger partial charge is 0.352 e. The standard InChI is InChI=1S/C22H17N3O6S/c1-2-13-11-32-21-17(20(27)25(21)18(13)22(28)29)24-19(26)16-8-7-15(31-16)10-30-14-5-3-12(9-23)4-6-14/h2-8,17,21H,1,10-11H2,(H,24,26)(H,28,29)/t17-,21-/m1/s1. The van der Waals surface area contributed by atoms with Crippen molar-refractivity contribution in [3.63, 3.8) is 0 Å². The number of thioether (sulfide) groups is 1. The number of carbonyl (C=O) groups is 3. The number of allylic oxidation sites excluding steroid dienone is 1. The molecule has 0 aliphatic carbocycles. The van der Waals surface area contributed by atoms with Crippen LogP contribution in [0.1, 0.15) is 21.9 Å². The van der Waals surface area contributed by atoms with E-state index in [0.717, 1.165) is 0 Å². The molecule has 2 amide bonds. The van der Waals surface area contributed by atoms with E-state index in [1.54, 1.807) is 30.3 Å². The van der Waals surface area contributed by atoms with E-state index in [4.69, 9.17) is 14.4 Å². The first-order valence-corrected chi connectivity index (χ1v) is 10.5. The minimum absolute atomic E-state index is 0.0104. The van der Waals surface area contributed by atoms with Crippen LogP contribution < -0.4 is 10.1 Å². The number of carboxylic acids is 1. The molecular formula is C22H17N3O6S. The third-order valence-electron chi connectivity index (χ3n) is 4.98. The highest BCUT2D eigenvalue weighted by atomic mass is 32.2. The molecule has 0 bridgehead atoms. The molecule has 2 atom stereocenters.